The zero-order chi connectivity index (χ0) is 14.2. The third kappa shape index (κ3) is 3.81. The lowest BCUT2D eigenvalue weighted by Crippen LogP contribution is -2.11. The molecule has 0 saturated carbocycles. The Labute approximate surface area is 119 Å². The van der Waals surface area contributed by atoms with E-state index in [-0.39, 0.29) is 0 Å². The highest BCUT2D eigenvalue weighted by atomic mass is 16.5. The summed E-state index contributed by atoms with van der Waals surface area (Å²) in [6, 6.07) is 14.6. The predicted molar refractivity (Wildman–Crippen MR) is 80.0 cm³/mol. The maximum absolute atomic E-state index is 5.55. The van der Waals surface area contributed by atoms with Crippen LogP contribution in [0.25, 0.3) is 4.85 Å². The quantitative estimate of drug-likeness (QED) is 0.927. The van der Waals surface area contributed by atoms with Crippen LogP contribution in [0.3, 0.4) is 0 Å². The molecule has 20 heavy (non-hydrogen) atoms. The molecule has 0 atom stereocenters. The van der Waals surface area contributed by atoms with Gasteiger partial charge in [-0.3, -0.25) is 4.98 Å². The highest BCUT2D eigenvalue weighted by Gasteiger charge is 2.07. The van der Waals surface area contributed by atoms with Crippen molar-refractivity contribution in [3.05, 3.63) is 64.3 Å². The van der Waals surface area contributed by atoms with Gasteiger partial charge in [-0.15, -0.1) is 0 Å². The molecule has 0 spiro atoms. The molecule has 2 rings (SSSR count). The van der Waals surface area contributed by atoms with E-state index < -0.39 is 0 Å². The molecule has 0 amide bonds. The highest BCUT2D eigenvalue weighted by Crippen LogP contribution is 2.16. The Morgan fingerprint density at radius 1 is 1.25 bits per heavy atom. The van der Waals surface area contributed by atoms with E-state index in [1.54, 1.807) is 6.20 Å². The number of pyridine rings is 1. The van der Waals surface area contributed by atoms with Crippen molar-refractivity contribution in [2.45, 2.75) is 13.5 Å². The minimum absolute atomic E-state index is 0.484. The second-order valence-corrected chi connectivity index (χ2v) is 4.33. The molecule has 0 saturated heterocycles. The Bertz CT molecular complexity index is 629. The average molecular weight is 268 g/mol. The smallest absolute Gasteiger partial charge is 0.315 e. The Hall–Kier alpha value is -2.38. The van der Waals surface area contributed by atoms with E-state index in [0.29, 0.717) is 19.7 Å². The first kappa shape index (κ1) is 14.0. The minimum atomic E-state index is 0.484. The van der Waals surface area contributed by atoms with Gasteiger partial charge in [0.1, 0.15) is 23.6 Å². The number of aryl methyl sites for hydroxylation is 1. The van der Waals surface area contributed by atoms with Crippen molar-refractivity contribution in [2.75, 3.05) is 13.2 Å². The SMILES string of the molecule is Cc1cccnc1C[N+]#Cc1ccccc1OCCN. The van der Waals surface area contributed by atoms with Crippen molar-refractivity contribution in [3.63, 3.8) is 0 Å². The van der Waals surface area contributed by atoms with Gasteiger partial charge in [-0.1, -0.05) is 23.0 Å². The molecule has 0 aliphatic rings. The summed E-state index contributed by atoms with van der Waals surface area (Å²) in [6.07, 6.45) is 1.77. The molecule has 2 aromatic rings. The molecule has 0 fully saturated rings. The van der Waals surface area contributed by atoms with Crippen LogP contribution in [0.4, 0.5) is 0 Å². The van der Waals surface area contributed by atoms with Gasteiger partial charge < -0.3 is 10.5 Å². The largest absolute Gasteiger partial charge is 0.491 e. The number of aromatic nitrogens is 1. The monoisotopic (exact) mass is 268 g/mol. The Balaban J connectivity index is 2.11. The van der Waals surface area contributed by atoms with Crippen molar-refractivity contribution in [1.29, 1.82) is 0 Å². The van der Waals surface area contributed by atoms with Crippen LogP contribution in [0.1, 0.15) is 16.8 Å². The minimum Gasteiger partial charge on any atom is -0.491 e. The molecule has 2 N–H and O–H groups in total. The first-order valence-corrected chi connectivity index (χ1v) is 6.56. The van der Waals surface area contributed by atoms with Crippen LogP contribution in [-0.2, 0) is 6.54 Å². The predicted octanol–water partition coefficient (Wildman–Crippen LogP) is 2.61. The molecular formula is C16H18N3O+. The average Bonchev–Trinajstić information content (AvgIpc) is 2.48. The second-order valence-electron chi connectivity index (χ2n) is 4.33. The standard InChI is InChI=1S/C16H18N3O/c1-13-5-4-9-19-15(13)12-18-11-14-6-2-3-7-16(14)20-10-8-17/h2-7,9H,8,10,12,17H2,1H3/q+1. The highest BCUT2D eigenvalue weighted by molar-refractivity contribution is 5.44. The molecule has 1 aromatic heterocycles. The number of para-hydroxylation sites is 1. The van der Waals surface area contributed by atoms with Crippen molar-refractivity contribution >= 4 is 0 Å². The first-order valence-electron chi connectivity index (χ1n) is 6.56. The van der Waals surface area contributed by atoms with Crippen molar-refractivity contribution in [2.24, 2.45) is 5.73 Å². The number of nitrogens with zero attached hydrogens (tertiary/aromatic N) is 2. The first-order chi connectivity index (χ1) is 9.81. The van der Waals surface area contributed by atoms with Crippen LogP contribution in [-0.4, -0.2) is 18.1 Å². The number of ether oxygens (including phenoxy) is 1. The molecule has 0 bridgehead atoms. The molecule has 0 aliphatic heterocycles. The normalized spacial score (nSPS) is 9.70. The third-order valence-corrected chi connectivity index (χ3v) is 2.81. The molecule has 0 unspecified atom stereocenters. The lowest BCUT2D eigenvalue weighted by Gasteiger charge is -2.03. The number of benzene rings is 1. The van der Waals surface area contributed by atoms with E-state index in [2.05, 4.69) is 15.9 Å². The van der Waals surface area contributed by atoms with Gasteiger partial charge in [-0.25, -0.2) is 0 Å². The molecule has 0 radical (unpaired) electrons. The summed E-state index contributed by atoms with van der Waals surface area (Å²) in [5.74, 6) is 0.749. The molecule has 4 nitrogen and oxygen atoms in total. The summed E-state index contributed by atoms with van der Waals surface area (Å²) in [6.45, 7) is 3.50. The van der Waals surface area contributed by atoms with E-state index in [4.69, 9.17) is 10.5 Å². The third-order valence-electron chi connectivity index (χ3n) is 2.81. The summed E-state index contributed by atoms with van der Waals surface area (Å²) in [7, 11) is 0. The summed E-state index contributed by atoms with van der Waals surface area (Å²) >= 11 is 0. The number of nitrogens with two attached hydrogens (primary N) is 1. The van der Waals surface area contributed by atoms with Gasteiger partial charge >= 0.3 is 12.6 Å². The fourth-order valence-electron chi connectivity index (χ4n) is 1.74. The van der Waals surface area contributed by atoms with Crippen molar-refractivity contribution < 1.29 is 4.74 Å². The lowest BCUT2D eigenvalue weighted by atomic mass is 10.2. The Morgan fingerprint density at radius 3 is 2.90 bits per heavy atom. The van der Waals surface area contributed by atoms with Gasteiger partial charge in [0.05, 0.1) is 0 Å². The van der Waals surface area contributed by atoms with Gasteiger partial charge in [0.2, 0.25) is 0 Å². The van der Waals surface area contributed by atoms with Gasteiger partial charge in [0.15, 0.2) is 0 Å². The van der Waals surface area contributed by atoms with Gasteiger partial charge in [0.25, 0.3) is 0 Å². The molecule has 4 heteroatoms. The maximum atomic E-state index is 5.55. The topological polar surface area (TPSA) is 52.5 Å². The van der Waals surface area contributed by atoms with Crippen LogP contribution >= 0.6 is 0 Å². The second kappa shape index (κ2) is 7.27. The van der Waals surface area contributed by atoms with E-state index in [1.165, 1.54) is 0 Å². The lowest BCUT2D eigenvalue weighted by molar-refractivity contribution is 0.327. The Kier molecular flexibility index (Phi) is 5.10. The van der Waals surface area contributed by atoms with E-state index >= 15 is 0 Å². The van der Waals surface area contributed by atoms with E-state index in [0.717, 1.165) is 22.6 Å². The molecule has 0 aliphatic carbocycles. The van der Waals surface area contributed by atoms with E-state index in [9.17, 15) is 0 Å². The summed E-state index contributed by atoms with van der Waals surface area (Å²) in [4.78, 5) is 8.62. The van der Waals surface area contributed by atoms with Gasteiger partial charge in [0, 0.05) is 12.7 Å². The van der Waals surface area contributed by atoms with Crippen LogP contribution in [0.5, 0.6) is 5.75 Å². The van der Waals surface area contributed by atoms with E-state index in [1.807, 2.05) is 43.3 Å². The maximum Gasteiger partial charge on any atom is 0.315 e. The van der Waals surface area contributed by atoms with Crippen LogP contribution < -0.4 is 10.5 Å². The number of hydrogen-bond donors (Lipinski definition) is 1. The fraction of sp³-hybridized carbons (Fsp3) is 0.250. The number of hydrogen-bond acceptors (Lipinski definition) is 3. The van der Waals surface area contributed by atoms with Crippen LogP contribution in [0.15, 0.2) is 42.6 Å². The van der Waals surface area contributed by atoms with Crippen LogP contribution in [0, 0.1) is 13.0 Å². The summed E-state index contributed by atoms with van der Waals surface area (Å²) in [5, 5.41) is 0. The van der Waals surface area contributed by atoms with Crippen LogP contribution in [0.2, 0.25) is 0 Å². The summed E-state index contributed by atoms with van der Waals surface area (Å²) in [5.41, 5.74) is 8.36. The van der Waals surface area contributed by atoms with Gasteiger partial charge in [-0.2, -0.15) is 0 Å². The van der Waals surface area contributed by atoms with Gasteiger partial charge in [-0.05, 0) is 30.7 Å². The number of rotatable bonds is 4. The van der Waals surface area contributed by atoms with Crippen molar-refractivity contribution in [1.82, 2.24) is 4.98 Å². The zero-order valence-electron chi connectivity index (χ0n) is 11.5. The fourth-order valence-corrected chi connectivity index (χ4v) is 1.74. The zero-order valence-corrected chi connectivity index (χ0v) is 11.5. The van der Waals surface area contributed by atoms with Crippen molar-refractivity contribution in [3.8, 4) is 11.8 Å². The molecular weight excluding hydrogens is 250 g/mol. The molecule has 102 valence electrons. The summed E-state index contributed by atoms with van der Waals surface area (Å²) < 4.78 is 5.55. The molecule has 1 heterocycles. The molecule has 1 aromatic carbocycles. The Morgan fingerprint density at radius 2 is 2.10 bits per heavy atom.